The smallest absolute Gasteiger partial charge is 0.335 e. The second-order valence-electron chi connectivity index (χ2n) is 6.70. The molecule has 0 radical (unpaired) electrons. The van der Waals surface area contributed by atoms with E-state index >= 15 is 0 Å². The average molecular weight is 346 g/mol. The summed E-state index contributed by atoms with van der Waals surface area (Å²) in [5.74, 6) is -0.915. The van der Waals surface area contributed by atoms with E-state index in [1.165, 1.54) is 0 Å². The molecule has 3 N–H and O–H groups in total. The Morgan fingerprint density at radius 1 is 1.24 bits per heavy atom. The van der Waals surface area contributed by atoms with Crippen molar-refractivity contribution in [1.29, 1.82) is 0 Å². The Bertz CT molecular complexity index is 624. The molecule has 0 bridgehead atoms. The van der Waals surface area contributed by atoms with E-state index in [2.05, 4.69) is 10.6 Å². The van der Waals surface area contributed by atoms with Crippen molar-refractivity contribution in [3.05, 3.63) is 35.4 Å². The molecule has 25 heavy (non-hydrogen) atoms. The number of carbonyl (C=O) groups excluding carboxylic acids is 2. The van der Waals surface area contributed by atoms with Crippen LogP contribution in [0, 0.1) is 5.92 Å². The van der Waals surface area contributed by atoms with Gasteiger partial charge >= 0.3 is 5.97 Å². The molecule has 6 nitrogen and oxygen atoms in total. The first-order valence-corrected chi connectivity index (χ1v) is 8.85. The van der Waals surface area contributed by atoms with Gasteiger partial charge in [-0.25, -0.2) is 4.79 Å². The summed E-state index contributed by atoms with van der Waals surface area (Å²) in [5, 5.41) is 14.7. The van der Waals surface area contributed by atoms with Crippen LogP contribution in [-0.2, 0) is 16.0 Å². The van der Waals surface area contributed by atoms with Gasteiger partial charge < -0.3 is 15.7 Å². The number of carboxylic acids is 1. The summed E-state index contributed by atoms with van der Waals surface area (Å²) < 4.78 is 0. The van der Waals surface area contributed by atoms with E-state index in [1.54, 1.807) is 18.2 Å². The summed E-state index contributed by atoms with van der Waals surface area (Å²) >= 11 is 0. The molecule has 1 unspecified atom stereocenters. The molecule has 1 aliphatic rings. The minimum Gasteiger partial charge on any atom is -0.478 e. The van der Waals surface area contributed by atoms with Gasteiger partial charge in [-0.1, -0.05) is 25.0 Å². The van der Waals surface area contributed by atoms with Crippen LogP contribution in [0.4, 0.5) is 0 Å². The van der Waals surface area contributed by atoms with Crippen molar-refractivity contribution in [1.82, 2.24) is 10.6 Å². The maximum Gasteiger partial charge on any atom is 0.335 e. The lowest BCUT2D eigenvalue weighted by atomic mass is 10.1. The van der Waals surface area contributed by atoms with Crippen molar-refractivity contribution in [2.45, 2.75) is 51.5 Å². The standard InChI is InChI=1S/C19H26N2O4/c1-13(21-18(23)15-6-2-3-7-15)11-17(22)20-10-9-14-5-4-8-16(12-14)19(24)25/h4-5,8,12-13,15H,2-3,6-7,9-11H2,1H3,(H,20,22)(H,21,23)(H,24,25). The van der Waals surface area contributed by atoms with Crippen molar-refractivity contribution in [3.8, 4) is 0 Å². The maximum atomic E-state index is 12.0. The second-order valence-corrected chi connectivity index (χ2v) is 6.70. The molecule has 1 aromatic carbocycles. The minimum absolute atomic E-state index is 0.0586. The van der Waals surface area contributed by atoms with Crippen LogP contribution in [0.5, 0.6) is 0 Å². The van der Waals surface area contributed by atoms with Gasteiger partial charge in [-0.2, -0.15) is 0 Å². The maximum absolute atomic E-state index is 12.0. The SMILES string of the molecule is CC(CC(=O)NCCc1cccc(C(=O)O)c1)NC(=O)C1CCCC1. The second kappa shape index (κ2) is 9.20. The summed E-state index contributed by atoms with van der Waals surface area (Å²) in [4.78, 5) is 34.9. The zero-order valence-corrected chi connectivity index (χ0v) is 14.6. The number of aromatic carboxylic acids is 1. The van der Waals surface area contributed by atoms with Gasteiger partial charge in [0.25, 0.3) is 0 Å². The molecule has 6 heteroatoms. The number of hydrogen-bond donors (Lipinski definition) is 3. The van der Waals surface area contributed by atoms with E-state index in [4.69, 9.17) is 5.11 Å². The number of benzene rings is 1. The molecule has 0 aliphatic heterocycles. The third kappa shape index (κ3) is 6.21. The van der Waals surface area contributed by atoms with Gasteiger partial charge in [0.2, 0.25) is 11.8 Å². The molecule has 0 aromatic heterocycles. The van der Waals surface area contributed by atoms with Gasteiger partial charge in [-0.15, -0.1) is 0 Å². The van der Waals surface area contributed by atoms with Gasteiger partial charge in [0.1, 0.15) is 0 Å². The number of amides is 2. The number of rotatable bonds is 8. The largest absolute Gasteiger partial charge is 0.478 e. The third-order valence-corrected chi connectivity index (χ3v) is 4.52. The lowest BCUT2D eigenvalue weighted by Crippen LogP contribution is -2.40. The molecule has 1 fully saturated rings. The number of carbonyl (C=O) groups is 3. The van der Waals surface area contributed by atoms with Crippen LogP contribution in [0.2, 0.25) is 0 Å². The van der Waals surface area contributed by atoms with Gasteiger partial charge in [0, 0.05) is 24.9 Å². The highest BCUT2D eigenvalue weighted by Crippen LogP contribution is 2.24. The lowest BCUT2D eigenvalue weighted by Gasteiger charge is -2.16. The highest BCUT2D eigenvalue weighted by atomic mass is 16.4. The highest BCUT2D eigenvalue weighted by Gasteiger charge is 2.24. The van der Waals surface area contributed by atoms with Crippen LogP contribution < -0.4 is 10.6 Å². The van der Waals surface area contributed by atoms with Crippen molar-refractivity contribution in [2.75, 3.05) is 6.54 Å². The Hall–Kier alpha value is -2.37. The van der Waals surface area contributed by atoms with Crippen molar-refractivity contribution < 1.29 is 19.5 Å². The topological polar surface area (TPSA) is 95.5 Å². The first-order valence-electron chi connectivity index (χ1n) is 8.85. The van der Waals surface area contributed by atoms with Crippen molar-refractivity contribution in [2.24, 2.45) is 5.92 Å². The lowest BCUT2D eigenvalue weighted by molar-refractivity contribution is -0.126. The minimum atomic E-state index is -0.960. The van der Waals surface area contributed by atoms with Crippen molar-refractivity contribution in [3.63, 3.8) is 0 Å². The van der Waals surface area contributed by atoms with E-state index in [0.29, 0.717) is 13.0 Å². The fourth-order valence-corrected chi connectivity index (χ4v) is 3.16. The molecule has 136 valence electrons. The molecule has 1 aliphatic carbocycles. The van der Waals surface area contributed by atoms with E-state index in [-0.39, 0.29) is 35.8 Å². The molecule has 2 rings (SSSR count). The Morgan fingerprint density at radius 2 is 1.96 bits per heavy atom. The van der Waals surface area contributed by atoms with Crippen LogP contribution in [0.25, 0.3) is 0 Å². The molecule has 1 atom stereocenters. The summed E-state index contributed by atoms with van der Waals surface area (Å²) in [6, 6.07) is 6.49. The quantitative estimate of drug-likeness (QED) is 0.672. The van der Waals surface area contributed by atoms with Crippen LogP contribution in [-0.4, -0.2) is 35.5 Å². The fourth-order valence-electron chi connectivity index (χ4n) is 3.16. The molecular formula is C19H26N2O4. The predicted octanol–water partition coefficient (Wildman–Crippen LogP) is 2.13. The normalized spacial score (nSPS) is 15.6. The zero-order valence-electron chi connectivity index (χ0n) is 14.6. The first kappa shape index (κ1) is 19.0. The van der Waals surface area contributed by atoms with Crippen LogP contribution in [0.15, 0.2) is 24.3 Å². The zero-order chi connectivity index (χ0) is 18.2. The van der Waals surface area contributed by atoms with Gasteiger partial charge in [-0.3, -0.25) is 9.59 Å². The van der Waals surface area contributed by atoms with E-state index in [0.717, 1.165) is 31.2 Å². The first-order chi connectivity index (χ1) is 12.0. The van der Waals surface area contributed by atoms with Crippen molar-refractivity contribution >= 4 is 17.8 Å². The molecule has 0 heterocycles. The Morgan fingerprint density at radius 3 is 2.64 bits per heavy atom. The molecule has 1 aromatic rings. The molecule has 2 amide bonds. The summed E-state index contributed by atoms with van der Waals surface area (Å²) in [6.07, 6.45) is 4.91. The van der Waals surface area contributed by atoms with E-state index < -0.39 is 5.97 Å². The Balaban J connectivity index is 1.68. The summed E-state index contributed by atoms with van der Waals surface area (Å²) in [5.41, 5.74) is 1.11. The van der Waals surface area contributed by atoms with Crippen LogP contribution >= 0.6 is 0 Å². The van der Waals surface area contributed by atoms with Crippen LogP contribution in [0.3, 0.4) is 0 Å². The van der Waals surface area contributed by atoms with E-state index in [9.17, 15) is 14.4 Å². The molecule has 0 saturated heterocycles. The Labute approximate surface area is 148 Å². The third-order valence-electron chi connectivity index (χ3n) is 4.52. The molecule has 1 saturated carbocycles. The van der Waals surface area contributed by atoms with Gasteiger partial charge in [0.05, 0.1) is 5.56 Å². The monoisotopic (exact) mass is 346 g/mol. The number of nitrogens with one attached hydrogen (secondary N) is 2. The Kier molecular flexibility index (Phi) is 6.98. The number of hydrogen-bond acceptors (Lipinski definition) is 3. The fraction of sp³-hybridized carbons (Fsp3) is 0.526. The van der Waals surface area contributed by atoms with Gasteiger partial charge in [-0.05, 0) is 43.9 Å². The predicted molar refractivity (Wildman–Crippen MR) is 94.3 cm³/mol. The molecular weight excluding hydrogens is 320 g/mol. The highest BCUT2D eigenvalue weighted by molar-refractivity contribution is 5.87. The summed E-state index contributed by atoms with van der Waals surface area (Å²) in [6.45, 7) is 2.27. The van der Waals surface area contributed by atoms with Crippen LogP contribution in [0.1, 0.15) is 54.9 Å². The molecule has 0 spiro atoms. The summed E-state index contributed by atoms with van der Waals surface area (Å²) in [7, 11) is 0. The van der Waals surface area contributed by atoms with E-state index in [1.807, 2.05) is 13.0 Å². The number of carboxylic acid groups (broad SMARTS) is 1. The van der Waals surface area contributed by atoms with Gasteiger partial charge in [0.15, 0.2) is 0 Å². The average Bonchev–Trinajstić information content (AvgIpc) is 3.09.